The van der Waals surface area contributed by atoms with E-state index in [2.05, 4.69) is 5.32 Å². The Morgan fingerprint density at radius 3 is 2.28 bits per heavy atom. The molecule has 0 aliphatic heterocycles. The van der Waals surface area contributed by atoms with E-state index in [1.54, 1.807) is 11.9 Å². The molecule has 3 nitrogen and oxygen atoms in total. The van der Waals surface area contributed by atoms with Crippen LogP contribution in [0.4, 0.5) is 16.2 Å². The van der Waals surface area contributed by atoms with Crippen LogP contribution in [0.1, 0.15) is 5.56 Å². The van der Waals surface area contributed by atoms with Crippen molar-refractivity contribution in [2.75, 3.05) is 17.3 Å². The zero-order valence-corrected chi connectivity index (χ0v) is 10.6. The summed E-state index contributed by atoms with van der Waals surface area (Å²) in [6.07, 6.45) is 0. The third-order valence-electron chi connectivity index (χ3n) is 2.81. The summed E-state index contributed by atoms with van der Waals surface area (Å²) in [7, 11) is 1.76. The van der Waals surface area contributed by atoms with E-state index in [1.807, 2.05) is 61.5 Å². The molecule has 0 heterocycles. The Hall–Kier alpha value is -2.29. The molecular weight excluding hydrogens is 224 g/mol. The molecule has 2 aromatic rings. The molecule has 2 aromatic carbocycles. The predicted octanol–water partition coefficient (Wildman–Crippen LogP) is 3.66. The number of carbonyl (C=O) groups excluding carboxylic acids is 1. The van der Waals surface area contributed by atoms with E-state index in [0.29, 0.717) is 0 Å². The molecule has 0 bridgehead atoms. The Morgan fingerprint density at radius 2 is 1.61 bits per heavy atom. The summed E-state index contributed by atoms with van der Waals surface area (Å²) in [5.74, 6) is 0. The summed E-state index contributed by atoms with van der Waals surface area (Å²) in [6, 6.07) is 17.1. The highest BCUT2D eigenvalue weighted by atomic mass is 16.2. The van der Waals surface area contributed by atoms with Crippen LogP contribution in [0.15, 0.2) is 54.6 Å². The van der Waals surface area contributed by atoms with Gasteiger partial charge in [-0.1, -0.05) is 36.4 Å². The third-order valence-corrected chi connectivity index (χ3v) is 2.81. The van der Waals surface area contributed by atoms with Gasteiger partial charge in [-0.15, -0.1) is 0 Å². The number of anilines is 2. The second-order valence-electron chi connectivity index (χ2n) is 4.14. The average molecular weight is 240 g/mol. The summed E-state index contributed by atoms with van der Waals surface area (Å²) < 4.78 is 0. The number of nitrogens with one attached hydrogen (secondary N) is 1. The van der Waals surface area contributed by atoms with Crippen LogP contribution in [0.3, 0.4) is 0 Å². The first-order valence-corrected chi connectivity index (χ1v) is 5.84. The van der Waals surface area contributed by atoms with E-state index >= 15 is 0 Å². The number of benzene rings is 2. The van der Waals surface area contributed by atoms with Crippen LogP contribution in [0.5, 0.6) is 0 Å². The number of para-hydroxylation sites is 2. The first-order chi connectivity index (χ1) is 8.68. The number of carbonyl (C=O) groups is 1. The molecule has 0 atom stereocenters. The van der Waals surface area contributed by atoms with Crippen LogP contribution in [-0.4, -0.2) is 13.1 Å². The summed E-state index contributed by atoms with van der Waals surface area (Å²) in [4.78, 5) is 13.7. The second kappa shape index (κ2) is 5.36. The van der Waals surface area contributed by atoms with Gasteiger partial charge in [0.2, 0.25) is 0 Å². The van der Waals surface area contributed by atoms with E-state index in [1.165, 1.54) is 0 Å². The van der Waals surface area contributed by atoms with Gasteiger partial charge in [-0.3, -0.25) is 4.90 Å². The summed E-state index contributed by atoms with van der Waals surface area (Å²) in [6.45, 7) is 1.99. The van der Waals surface area contributed by atoms with E-state index in [9.17, 15) is 4.79 Å². The molecule has 0 fully saturated rings. The fraction of sp³-hybridized carbons (Fsp3) is 0.133. The van der Waals surface area contributed by atoms with Crippen molar-refractivity contribution in [1.29, 1.82) is 0 Å². The average Bonchev–Trinajstić information content (AvgIpc) is 2.39. The molecule has 3 heteroatoms. The van der Waals surface area contributed by atoms with Gasteiger partial charge in [0.1, 0.15) is 0 Å². The minimum Gasteiger partial charge on any atom is -0.308 e. The van der Waals surface area contributed by atoms with Crippen LogP contribution >= 0.6 is 0 Å². The van der Waals surface area contributed by atoms with E-state index in [0.717, 1.165) is 16.9 Å². The van der Waals surface area contributed by atoms with Crippen molar-refractivity contribution in [2.45, 2.75) is 6.92 Å². The van der Waals surface area contributed by atoms with E-state index in [-0.39, 0.29) is 6.03 Å². The van der Waals surface area contributed by atoms with Gasteiger partial charge in [-0.2, -0.15) is 0 Å². The highest BCUT2D eigenvalue weighted by Crippen LogP contribution is 2.18. The molecule has 0 radical (unpaired) electrons. The molecule has 1 N–H and O–H groups in total. The van der Waals surface area contributed by atoms with Crippen LogP contribution in [0, 0.1) is 6.92 Å². The van der Waals surface area contributed by atoms with Crippen LogP contribution < -0.4 is 10.2 Å². The molecule has 2 rings (SSSR count). The summed E-state index contributed by atoms with van der Waals surface area (Å²) in [5.41, 5.74) is 2.78. The van der Waals surface area contributed by atoms with E-state index < -0.39 is 0 Å². The molecule has 0 aliphatic carbocycles. The molecule has 0 saturated heterocycles. The van der Waals surface area contributed by atoms with Crippen LogP contribution in [0.25, 0.3) is 0 Å². The van der Waals surface area contributed by atoms with Crippen molar-refractivity contribution in [1.82, 2.24) is 0 Å². The summed E-state index contributed by atoms with van der Waals surface area (Å²) in [5, 5.41) is 2.85. The van der Waals surface area contributed by atoms with Crippen LogP contribution in [-0.2, 0) is 0 Å². The first-order valence-electron chi connectivity index (χ1n) is 5.84. The van der Waals surface area contributed by atoms with Crippen molar-refractivity contribution < 1.29 is 4.79 Å². The fourth-order valence-electron chi connectivity index (χ4n) is 1.78. The molecule has 92 valence electrons. The molecular formula is C15H16N2O. The molecule has 0 aromatic heterocycles. The van der Waals surface area contributed by atoms with Gasteiger partial charge in [-0.25, -0.2) is 4.79 Å². The number of rotatable bonds is 2. The quantitative estimate of drug-likeness (QED) is 0.853. The van der Waals surface area contributed by atoms with Crippen molar-refractivity contribution >= 4 is 17.4 Å². The lowest BCUT2D eigenvalue weighted by molar-refractivity contribution is 0.258. The molecule has 18 heavy (non-hydrogen) atoms. The molecule has 0 aliphatic rings. The van der Waals surface area contributed by atoms with Gasteiger partial charge < -0.3 is 5.32 Å². The van der Waals surface area contributed by atoms with Gasteiger partial charge in [-0.05, 0) is 30.7 Å². The lowest BCUT2D eigenvalue weighted by atomic mass is 10.2. The highest BCUT2D eigenvalue weighted by Gasteiger charge is 2.12. The van der Waals surface area contributed by atoms with Crippen molar-refractivity contribution in [3.63, 3.8) is 0 Å². The number of amides is 2. The normalized spacial score (nSPS) is 9.89. The summed E-state index contributed by atoms with van der Waals surface area (Å²) >= 11 is 0. The zero-order chi connectivity index (χ0) is 13.0. The van der Waals surface area contributed by atoms with Crippen LogP contribution in [0.2, 0.25) is 0 Å². The maximum absolute atomic E-state index is 12.1. The number of hydrogen-bond donors (Lipinski definition) is 1. The number of urea groups is 1. The fourth-order valence-corrected chi connectivity index (χ4v) is 1.78. The Labute approximate surface area is 107 Å². The van der Waals surface area contributed by atoms with Crippen molar-refractivity contribution in [3.05, 3.63) is 60.2 Å². The zero-order valence-electron chi connectivity index (χ0n) is 10.6. The second-order valence-corrected chi connectivity index (χ2v) is 4.14. The third kappa shape index (κ3) is 2.69. The Bertz CT molecular complexity index is 537. The molecule has 0 spiro atoms. The van der Waals surface area contributed by atoms with Gasteiger partial charge in [0, 0.05) is 18.4 Å². The standard InChI is InChI=1S/C15H16N2O/c1-12-8-6-7-11-14(12)17(2)15(18)16-13-9-4-3-5-10-13/h3-11H,1-2H3,(H,16,18). The van der Waals surface area contributed by atoms with Gasteiger partial charge in [0.15, 0.2) is 0 Å². The van der Waals surface area contributed by atoms with E-state index in [4.69, 9.17) is 0 Å². The molecule has 0 saturated carbocycles. The maximum Gasteiger partial charge on any atom is 0.326 e. The predicted molar refractivity (Wildman–Crippen MR) is 75.0 cm³/mol. The van der Waals surface area contributed by atoms with Crippen molar-refractivity contribution in [3.8, 4) is 0 Å². The SMILES string of the molecule is Cc1ccccc1N(C)C(=O)Nc1ccccc1. The Balaban J connectivity index is 2.13. The molecule has 0 unspecified atom stereocenters. The number of nitrogens with zero attached hydrogens (tertiary/aromatic N) is 1. The Morgan fingerprint density at radius 1 is 1.00 bits per heavy atom. The van der Waals surface area contributed by atoms with Gasteiger partial charge in [0.25, 0.3) is 0 Å². The van der Waals surface area contributed by atoms with Crippen molar-refractivity contribution in [2.24, 2.45) is 0 Å². The number of aryl methyl sites for hydroxylation is 1. The topological polar surface area (TPSA) is 32.3 Å². The molecule has 2 amide bonds. The lowest BCUT2D eigenvalue weighted by Crippen LogP contribution is -2.31. The first kappa shape index (κ1) is 12.2. The minimum atomic E-state index is -0.143. The smallest absolute Gasteiger partial charge is 0.308 e. The maximum atomic E-state index is 12.1. The highest BCUT2D eigenvalue weighted by molar-refractivity contribution is 6.01. The minimum absolute atomic E-state index is 0.143. The lowest BCUT2D eigenvalue weighted by Gasteiger charge is -2.20. The largest absolute Gasteiger partial charge is 0.326 e. The van der Waals surface area contributed by atoms with Gasteiger partial charge in [0.05, 0.1) is 0 Å². The Kier molecular flexibility index (Phi) is 3.63. The van der Waals surface area contributed by atoms with Gasteiger partial charge >= 0.3 is 6.03 Å². The number of hydrogen-bond acceptors (Lipinski definition) is 1. The monoisotopic (exact) mass is 240 g/mol.